The Morgan fingerprint density at radius 3 is 2.82 bits per heavy atom. The fraction of sp³-hybridized carbons (Fsp3) is 0.462. The molecule has 0 aliphatic carbocycles. The molecule has 0 amide bonds. The van der Waals surface area contributed by atoms with Gasteiger partial charge in [-0.25, -0.2) is 4.79 Å². The van der Waals surface area contributed by atoms with Crippen LogP contribution in [0.4, 0.5) is 0 Å². The summed E-state index contributed by atoms with van der Waals surface area (Å²) in [6.07, 6.45) is 1.88. The van der Waals surface area contributed by atoms with Crippen LogP contribution in [-0.4, -0.2) is 18.5 Å². The van der Waals surface area contributed by atoms with E-state index in [1.807, 2.05) is 18.2 Å². The molecule has 4 heteroatoms. The van der Waals surface area contributed by atoms with E-state index in [1.165, 1.54) is 5.56 Å². The quantitative estimate of drug-likeness (QED) is 0.586. The third kappa shape index (κ3) is 4.32. The largest absolute Gasteiger partial charge is 0.462 e. The summed E-state index contributed by atoms with van der Waals surface area (Å²) >= 11 is 9.06. The summed E-state index contributed by atoms with van der Waals surface area (Å²) in [6, 6.07) is 5.83. The van der Waals surface area contributed by atoms with E-state index >= 15 is 0 Å². The number of hydrogen-bond donors (Lipinski definition) is 0. The number of halogens is 2. The molecule has 1 rings (SSSR count). The molecule has 1 aromatic rings. The van der Waals surface area contributed by atoms with Crippen LogP contribution in [0.25, 0.3) is 0 Å². The Balaban J connectivity index is 2.88. The van der Waals surface area contributed by atoms with Gasteiger partial charge in [-0.15, -0.1) is 11.6 Å². The number of carbonyl (C=O) groups is 1. The Hall–Kier alpha value is -0.540. The lowest BCUT2D eigenvalue weighted by atomic mass is 10.0. The molecule has 0 unspecified atom stereocenters. The summed E-state index contributed by atoms with van der Waals surface area (Å²) in [5.74, 6) is 0.398. The van der Waals surface area contributed by atoms with Crippen LogP contribution in [0.3, 0.4) is 0 Å². The highest BCUT2D eigenvalue weighted by Crippen LogP contribution is 2.17. The molecule has 17 heavy (non-hydrogen) atoms. The molecule has 0 heterocycles. The van der Waals surface area contributed by atoms with Crippen LogP contribution in [0.15, 0.2) is 18.2 Å². The summed E-state index contributed by atoms with van der Waals surface area (Å²) in [5.41, 5.74) is 2.81. The van der Waals surface area contributed by atoms with Crippen molar-refractivity contribution in [2.24, 2.45) is 0 Å². The zero-order valence-corrected chi connectivity index (χ0v) is 12.2. The highest BCUT2D eigenvalue weighted by atomic mass is 79.9. The topological polar surface area (TPSA) is 26.3 Å². The van der Waals surface area contributed by atoms with Gasteiger partial charge in [0.1, 0.15) is 0 Å². The molecular weight excluding hydrogens is 303 g/mol. The van der Waals surface area contributed by atoms with Crippen LogP contribution in [0.5, 0.6) is 0 Å². The van der Waals surface area contributed by atoms with Crippen LogP contribution in [0.2, 0.25) is 0 Å². The van der Waals surface area contributed by atoms with Crippen molar-refractivity contribution in [3.05, 3.63) is 34.9 Å². The molecule has 0 atom stereocenters. The molecule has 0 N–H and O–H groups in total. The molecule has 0 bridgehead atoms. The molecule has 0 radical (unpaired) electrons. The summed E-state index contributed by atoms with van der Waals surface area (Å²) in [5, 5.41) is 0.649. The maximum absolute atomic E-state index is 11.7. The van der Waals surface area contributed by atoms with E-state index in [1.54, 1.807) is 6.92 Å². The van der Waals surface area contributed by atoms with Gasteiger partial charge in [-0.3, -0.25) is 0 Å². The number of benzene rings is 1. The van der Waals surface area contributed by atoms with Crippen LogP contribution >= 0.6 is 27.5 Å². The van der Waals surface area contributed by atoms with Crippen LogP contribution < -0.4 is 0 Å². The molecular formula is C13H16BrClO2. The first-order valence-corrected chi connectivity index (χ1v) is 7.29. The van der Waals surface area contributed by atoms with Gasteiger partial charge in [0.15, 0.2) is 0 Å². The number of carbonyl (C=O) groups excluding carboxylic acids is 1. The van der Waals surface area contributed by atoms with E-state index in [0.29, 0.717) is 23.4 Å². The average Bonchev–Trinajstić information content (AvgIpc) is 2.36. The molecule has 0 aliphatic rings. The van der Waals surface area contributed by atoms with Crippen LogP contribution in [0.1, 0.15) is 34.8 Å². The van der Waals surface area contributed by atoms with Gasteiger partial charge in [-0.1, -0.05) is 28.1 Å². The van der Waals surface area contributed by atoms with E-state index in [0.717, 1.165) is 18.4 Å². The number of ether oxygens (including phenoxy) is 1. The van der Waals surface area contributed by atoms with Gasteiger partial charge in [0.2, 0.25) is 0 Å². The Labute approximate surface area is 115 Å². The lowest BCUT2D eigenvalue weighted by Gasteiger charge is -2.09. The van der Waals surface area contributed by atoms with Crippen molar-refractivity contribution in [1.82, 2.24) is 0 Å². The first-order valence-electron chi connectivity index (χ1n) is 5.63. The summed E-state index contributed by atoms with van der Waals surface area (Å²) in [4.78, 5) is 11.7. The first-order chi connectivity index (χ1) is 8.22. The third-order valence-electron chi connectivity index (χ3n) is 2.41. The number of hydrogen-bond acceptors (Lipinski definition) is 2. The fourth-order valence-corrected chi connectivity index (χ4v) is 2.19. The molecule has 0 aromatic heterocycles. The van der Waals surface area contributed by atoms with Gasteiger partial charge in [0, 0.05) is 11.2 Å². The summed E-state index contributed by atoms with van der Waals surface area (Å²) < 4.78 is 5.01. The number of esters is 1. The predicted molar refractivity (Wildman–Crippen MR) is 74.1 cm³/mol. The Morgan fingerprint density at radius 2 is 2.24 bits per heavy atom. The van der Waals surface area contributed by atoms with Gasteiger partial charge in [-0.05, 0) is 37.0 Å². The Morgan fingerprint density at radius 1 is 1.47 bits per heavy atom. The minimum atomic E-state index is -0.258. The van der Waals surface area contributed by atoms with Gasteiger partial charge in [-0.2, -0.15) is 0 Å². The van der Waals surface area contributed by atoms with E-state index in [2.05, 4.69) is 15.9 Å². The van der Waals surface area contributed by atoms with Gasteiger partial charge < -0.3 is 4.74 Å². The van der Waals surface area contributed by atoms with Crippen molar-refractivity contribution in [2.45, 2.75) is 25.1 Å². The molecule has 0 aliphatic heterocycles. The maximum Gasteiger partial charge on any atom is 0.338 e. The average molecular weight is 320 g/mol. The lowest BCUT2D eigenvalue weighted by Crippen LogP contribution is -2.08. The second-order valence-electron chi connectivity index (χ2n) is 3.64. The Kier molecular flexibility index (Phi) is 6.60. The summed E-state index contributed by atoms with van der Waals surface area (Å²) in [7, 11) is 0. The van der Waals surface area contributed by atoms with Gasteiger partial charge in [0.05, 0.1) is 12.2 Å². The SMILES string of the molecule is CCOC(=O)c1ccc(CCCCl)cc1CBr. The van der Waals surface area contributed by atoms with Crippen LogP contribution in [-0.2, 0) is 16.5 Å². The molecule has 0 saturated heterocycles. The van der Waals surface area contributed by atoms with Crippen molar-refractivity contribution in [3.8, 4) is 0 Å². The Bertz CT molecular complexity index is 380. The van der Waals surface area contributed by atoms with Crippen molar-refractivity contribution in [1.29, 1.82) is 0 Å². The minimum absolute atomic E-state index is 0.258. The predicted octanol–water partition coefficient (Wildman–Crippen LogP) is 3.93. The fourth-order valence-electron chi connectivity index (χ4n) is 1.59. The highest BCUT2D eigenvalue weighted by molar-refractivity contribution is 9.08. The molecule has 2 nitrogen and oxygen atoms in total. The first kappa shape index (κ1) is 14.5. The smallest absolute Gasteiger partial charge is 0.338 e. The third-order valence-corrected chi connectivity index (χ3v) is 3.28. The van der Waals surface area contributed by atoms with Crippen molar-refractivity contribution < 1.29 is 9.53 Å². The summed E-state index contributed by atoms with van der Waals surface area (Å²) in [6.45, 7) is 2.20. The molecule has 0 saturated carbocycles. The molecule has 0 spiro atoms. The highest BCUT2D eigenvalue weighted by Gasteiger charge is 2.12. The zero-order valence-electron chi connectivity index (χ0n) is 9.84. The lowest BCUT2D eigenvalue weighted by molar-refractivity contribution is 0.0525. The van der Waals surface area contributed by atoms with Crippen LogP contribution in [0, 0.1) is 0 Å². The second-order valence-corrected chi connectivity index (χ2v) is 4.58. The van der Waals surface area contributed by atoms with Gasteiger partial charge in [0.25, 0.3) is 0 Å². The molecule has 1 aromatic carbocycles. The van der Waals surface area contributed by atoms with E-state index in [4.69, 9.17) is 16.3 Å². The van der Waals surface area contributed by atoms with Gasteiger partial charge >= 0.3 is 5.97 Å². The van der Waals surface area contributed by atoms with E-state index < -0.39 is 0 Å². The zero-order chi connectivity index (χ0) is 12.7. The minimum Gasteiger partial charge on any atom is -0.462 e. The maximum atomic E-state index is 11.7. The molecule has 0 fully saturated rings. The number of rotatable bonds is 6. The van der Waals surface area contributed by atoms with Crippen molar-refractivity contribution in [2.75, 3.05) is 12.5 Å². The standard InChI is InChI=1S/C13H16BrClO2/c1-2-17-13(16)12-6-5-10(4-3-7-15)8-11(12)9-14/h5-6,8H,2-4,7,9H2,1H3. The number of alkyl halides is 2. The van der Waals surface area contributed by atoms with E-state index in [-0.39, 0.29) is 5.97 Å². The van der Waals surface area contributed by atoms with E-state index in [9.17, 15) is 4.79 Å². The molecule has 94 valence electrons. The van der Waals surface area contributed by atoms with Crippen molar-refractivity contribution >= 4 is 33.5 Å². The van der Waals surface area contributed by atoms with Crippen molar-refractivity contribution in [3.63, 3.8) is 0 Å². The number of aryl methyl sites for hydroxylation is 1. The second kappa shape index (κ2) is 7.72. The monoisotopic (exact) mass is 318 g/mol. The normalized spacial score (nSPS) is 10.3.